The molecule has 1 aromatic rings. The van der Waals surface area contributed by atoms with Crippen LogP contribution in [0.3, 0.4) is 0 Å². The number of hydrogen-bond acceptors (Lipinski definition) is 6. The number of alkyl halides is 3. The van der Waals surface area contributed by atoms with Gasteiger partial charge in [0, 0.05) is 31.7 Å². The van der Waals surface area contributed by atoms with Crippen LogP contribution in [0.15, 0.2) is 23.2 Å². The van der Waals surface area contributed by atoms with E-state index < -0.39 is 33.1 Å². The molecule has 1 saturated carbocycles. The predicted octanol–water partition coefficient (Wildman–Crippen LogP) is 2.68. The maximum Gasteiger partial charge on any atom is 0.416 e. The number of carbonyl (C=O) groups is 2. The molecule has 38 heavy (non-hydrogen) atoms. The van der Waals surface area contributed by atoms with Gasteiger partial charge in [-0.3, -0.25) is 14.6 Å². The number of piperidine rings is 1. The largest absolute Gasteiger partial charge is 0.416 e. The normalized spacial score (nSPS) is 20.7. The molecule has 1 spiro atoms. The van der Waals surface area contributed by atoms with Gasteiger partial charge in [0.05, 0.1) is 17.9 Å². The molecule has 1 aromatic carbocycles. The van der Waals surface area contributed by atoms with Gasteiger partial charge in [0.1, 0.15) is 11.4 Å². The van der Waals surface area contributed by atoms with Crippen molar-refractivity contribution in [3.8, 4) is 0 Å². The third kappa shape index (κ3) is 6.31. The van der Waals surface area contributed by atoms with E-state index in [0.717, 1.165) is 37.6 Å². The molecule has 1 saturated heterocycles. The molecule has 2 aliphatic heterocycles. The van der Waals surface area contributed by atoms with E-state index in [0.29, 0.717) is 0 Å². The molecule has 0 atom stereocenters. The highest BCUT2D eigenvalue weighted by Gasteiger charge is 2.48. The SMILES string of the molecule is CNC(=O)CNc1ccc(CCS(=O)(=O)N2CCC3(CC2)N=C(C2CCCCC2)NC3=O)c(C(F)(F)F)c1. The number of aliphatic imine (C=N–C) groups is 1. The molecule has 3 N–H and O–H groups in total. The van der Waals surface area contributed by atoms with Crippen LogP contribution in [0.2, 0.25) is 0 Å². The first-order valence-corrected chi connectivity index (χ1v) is 14.6. The van der Waals surface area contributed by atoms with Gasteiger partial charge in [-0.25, -0.2) is 12.7 Å². The third-order valence-corrected chi connectivity index (χ3v) is 9.58. The zero-order valence-corrected chi connectivity index (χ0v) is 22.2. The topological polar surface area (TPSA) is 120 Å². The number of nitrogens with one attached hydrogen (secondary N) is 3. The fraction of sp³-hybridized carbons (Fsp3) is 0.640. The maximum absolute atomic E-state index is 13.7. The number of amidine groups is 1. The second-order valence-corrected chi connectivity index (χ2v) is 12.3. The summed E-state index contributed by atoms with van der Waals surface area (Å²) in [7, 11) is -2.44. The molecule has 210 valence electrons. The molecule has 2 amide bonds. The summed E-state index contributed by atoms with van der Waals surface area (Å²) in [6, 6.07) is 3.52. The van der Waals surface area contributed by atoms with Crippen LogP contribution in [0.25, 0.3) is 0 Å². The molecule has 1 aliphatic carbocycles. The summed E-state index contributed by atoms with van der Waals surface area (Å²) in [6.07, 6.45) is 0.833. The number of nitrogens with zero attached hydrogens (tertiary/aromatic N) is 2. The number of hydrogen-bond donors (Lipinski definition) is 3. The van der Waals surface area contributed by atoms with E-state index in [1.54, 1.807) is 0 Å². The van der Waals surface area contributed by atoms with Crippen LogP contribution >= 0.6 is 0 Å². The average Bonchev–Trinajstić information content (AvgIpc) is 3.21. The smallest absolute Gasteiger partial charge is 0.376 e. The lowest BCUT2D eigenvalue weighted by Crippen LogP contribution is -2.51. The number of rotatable bonds is 8. The van der Waals surface area contributed by atoms with E-state index in [1.165, 1.54) is 29.9 Å². The molecule has 3 aliphatic rings. The second kappa shape index (κ2) is 11.2. The standard InChI is InChI=1S/C25H34F3N5O4S/c1-29-21(34)16-30-19-8-7-17(20(15-19)25(26,27)28)9-14-38(36,37)33-12-10-24(11-13-33)23(35)31-22(32-24)18-5-3-2-4-6-18/h7-8,15,18,30H,2-6,9-14,16H2,1H3,(H,29,34)(H,31,32,35). The van der Waals surface area contributed by atoms with Gasteiger partial charge in [0.25, 0.3) is 5.91 Å². The maximum atomic E-state index is 13.7. The molecule has 0 bridgehead atoms. The van der Waals surface area contributed by atoms with Crippen molar-refractivity contribution in [2.45, 2.75) is 63.1 Å². The van der Waals surface area contributed by atoms with Gasteiger partial charge in [-0.1, -0.05) is 25.3 Å². The molecule has 2 heterocycles. The first-order valence-electron chi connectivity index (χ1n) is 13.0. The van der Waals surface area contributed by atoms with Gasteiger partial charge in [0.2, 0.25) is 15.9 Å². The van der Waals surface area contributed by atoms with Gasteiger partial charge in [-0.05, 0) is 49.8 Å². The van der Waals surface area contributed by atoms with Gasteiger partial charge in [-0.15, -0.1) is 0 Å². The Kier molecular flexibility index (Phi) is 8.36. The predicted molar refractivity (Wildman–Crippen MR) is 137 cm³/mol. The number of sulfonamides is 1. The molecule has 4 rings (SSSR count). The van der Waals surface area contributed by atoms with Crippen LogP contribution in [-0.4, -0.2) is 68.3 Å². The van der Waals surface area contributed by atoms with E-state index in [4.69, 9.17) is 4.99 Å². The van der Waals surface area contributed by atoms with E-state index in [9.17, 15) is 31.2 Å². The Hall–Kier alpha value is -2.67. The number of benzene rings is 1. The van der Waals surface area contributed by atoms with Crippen LogP contribution < -0.4 is 16.0 Å². The Balaban J connectivity index is 1.39. The minimum atomic E-state index is -4.69. The fourth-order valence-electron chi connectivity index (χ4n) is 5.39. The monoisotopic (exact) mass is 557 g/mol. The number of amides is 2. The van der Waals surface area contributed by atoms with Gasteiger partial charge >= 0.3 is 6.18 Å². The first-order chi connectivity index (χ1) is 17.9. The van der Waals surface area contributed by atoms with E-state index in [2.05, 4.69) is 16.0 Å². The van der Waals surface area contributed by atoms with Crippen LogP contribution in [0.1, 0.15) is 56.1 Å². The molecular weight excluding hydrogens is 523 g/mol. The van der Waals surface area contributed by atoms with Gasteiger partial charge in [0.15, 0.2) is 0 Å². The highest BCUT2D eigenvalue weighted by Crippen LogP contribution is 2.36. The third-order valence-electron chi connectivity index (χ3n) is 7.71. The van der Waals surface area contributed by atoms with E-state index >= 15 is 0 Å². The highest BCUT2D eigenvalue weighted by molar-refractivity contribution is 7.89. The van der Waals surface area contributed by atoms with Crippen molar-refractivity contribution in [3.63, 3.8) is 0 Å². The highest BCUT2D eigenvalue weighted by atomic mass is 32.2. The van der Waals surface area contributed by atoms with Crippen LogP contribution in [0, 0.1) is 5.92 Å². The molecule has 0 radical (unpaired) electrons. The lowest BCUT2D eigenvalue weighted by atomic mass is 9.88. The summed E-state index contributed by atoms with van der Waals surface area (Å²) in [5.74, 6) is -0.101. The summed E-state index contributed by atoms with van der Waals surface area (Å²) >= 11 is 0. The van der Waals surface area contributed by atoms with Crippen LogP contribution in [-0.2, 0) is 32.2 Å². The lowest BCUT2D eigenvalue weighted by Gasteiger charge is -2.34. The average molecular weight is 558 g/mol. The molecular formula is C25H34F3N5O4S. The van der Waals surface area contributed by atoms with Crippen molar-refractivity contribution < 1.29 is 31.2 Å². The number of anilines is 1. The lowest BCUT2D eigenvalue weighted by molar-refractivity contribution is -0.138. The van der Waals surface area contributed by atoms with E-state index in [1.807, 2.05) is 0 Å². The van der Waals surface area contributed by atoms with Crippen molar-refractivity contribution in [1.82, 2.24) is 14.9 Å². The minimum Gasteiger partial charge on any atom is -0.376 e. The molecule has 9 nitrogen and oxygen atoms in total. The quantitative estimate of drug-likeness (QED) is 0.454. The Morgan fingerprint density at radius 3 is 2.50 bits per heavy atom. The van der Waals surface area contributed by atoms with Crippen molar-refractivity contribution in [2.24, 2.45) is 10.9 Å². The molecule has 0 unspecified atom stereocenters. The number of halogens is 3. The number of aryl methyl sites for hydroxylation is 1. The van der Waals surface area contributed by atoms with Crippen LogP contribution in [0.5, 0.6) is 0 Å². The Morgan fingerprint density at radius 1 is 1.18 bits per heavy atom. The van der Waals surface area contributed by atoms with Gasteiger partial charge in [-0.2, -0.15) is 13.2 Å². The Bertz CT molecular complexity index is 1190. The second-order valence-electron chi connectivity index (χ2n) is 10.2. The summed E-state index contributed by atoms with van der Waals surface area (Å²) in [6.45, 7) is -0.0143. The van der Waals surface area contributed by atoms with E-state index in [-0.39, 0.29) is 67.9 Å². The van der Waals surface area contributed by atoms with Crippen molar-refractivity contribution in [3.05, 3.63) is 29.3 Å². The molecule has 0 aromatic heterocycles. The summed E-state index contributed by atoms with van der Waals surface area (Å²) < 4.78 is 68.5. The fourth-order valence-corrected chi connectivity index (χ4v) is 6.87. The van der Waals surface area contributed by atoms with Gasteiger partial charge < -0.3 is 16.0 Å². The summed E-state index contributed by atoms with van der Waals surface area (Å²) in [4.78, 5) is 28.9. The first kappa shape index (κ1) is 28.3. The van der Waals surface area contributed by atoms with Crippen molar-refractivity contribution >= 4 is 33.4 Å². The Labute approximate surface area is 220 Å². The van der Waals surface area contributed by atoms with Crippen molar-refractivity contribution in [2.75, 3.05) is 37.8 Å². The summed E-state index contributed by atoms with van der Waals surface area (Å²) in [5.41, 5.74) is -1.94. The minimum absolute atomic E-state index is 0.0890. The van der Waals surface area contributed by atoms with Crippen molar-refractivity contribution in [1.29, 1.82) is 0 Å². The molecule has 13 heteroatoms. The summed E-state index contributed by atoms with van der Waals surface area (Å²) in [5, 5.41) is 7.94. The zero-order valence-electron chi connectivity index (χ0n) is 21.4. The van der Waals surface area contributed by atoms with Crippen LogP contribution in [0.4, 0.5) is 18.9 Å². The molecule has 2 fully saturated rings. The Morgan fingerprint density at radius 2 is 1.87 bits per heavy atom. The zero-order chi connectivity index (χ0) is 27.6. The number of carbonyl (C=O) groups excluding carboxylic acids is 2. The number of likely N-dealkylation sites (N-methyl/N-ethyl adjacent to an activating group) is 1.